The lowest BCUT2D eigenvalue weighted by molar-refractivity contribution is 0.602. The molecule has 0 unspecified atom stereocenters. The zero-order valence-electron chi connectivity index (χ0n) is 9.11. The number of sulfone groups is 1. The lowest BCUT2D eigenvalue weighted by Crippen LogP contribution is -2.05. The molecule has 2 rings (SSSR count). The van der Waals surface area contributed by atoms with Crippen LogP contribution in [-0.2, 0) is 16.4 Å². The van der Waals surface area contributed by atoms with Crippen molar-refractivity contribution in [3.63, 3.8) is 0 Å². The Morgan fingerprint density at radius 1 is 1.35 bits per heavy atom. The van der Waals surface area contributed by atoms with E-state index in [-0.39, 0.29) is 4.90 Å². The topological polar surface area (TPSA) is 104 Å². The Kier molecular flexibility index (Phi) is 2.90. The third-order valence-electron chi connectivity index (χ3n) is 2.14. The van der Waals surface area contributed by atoms with Crippen LogP contribution in [0.4, 0.5) is 0 Å². The van der Waals surface area contributed by atoms with Crippen molar-refractivity contribution in [3.05, 3.63) is 30.2 Å². The predicted molar refractivity (Wildman–Crippen MR) is 60.2 cm³/mol. The standard InChI is InChI=1S/C9H11N5O2S/c1-17(15,16)8-5-11-14(6-8)9-3-2-7(4-10)12-13-9/h2-3,5-6H,4,10H2,1H3. The van der Waals surface area contributed by atoms with E-state index in [1.54, 1.807) is 12.1 Å². The van der Waals surface area contributed by atoms with Gasteiger partial charge in [-0.2, -0.15) is 10.2 Å². The molecule has 0 atom stereocenters. The van der Waals surface area contributed by atoms with Gasteiger partial charge >= 0.3 is 0 Å². The molecule has 0 radical (unpaired) electrons. The normalized spacial score (nSPS) is 11.6. The van der Waals surface area contributed by atoms with Crippen molar-refractivity contribution >= 4 is 9.84 Å². The summed E-state index contributed by atoms with van der Waals surface area (Å²) in [5, 5.41) is 11.7. The molecule has 0 saturated heterocycles. The summed E-state index contributed by atoms with van der Waals surface area (Å²) >= 11 is 0. The SMILES string of the molecule is CS(=O)(=O)c1cnn(-c2ccc(CN)nn2)c1. The van der Waals surface area contributed by atoms with Gasteiger partial charge in [-0.15, -0.1) is 5.10 Å². The molecule has 2 aromatic heterocycles. The van der Waals surface area contributed by atoms with Crippen LogP contribution in [0.1, 0.15) is 5.69 Å². The molecule has 2 heterocycles. The van der Waals surface area contributed by atoms with Crippen molar-refractivity contribution in [1.82, 2.24) is 20.0 Å². The Labute approximate surface area is 98.2 Å². The molecule has 2 aromatic rings. The van der Waals surface area contributed by atoms with Gasteiger partial charge in [0.2, 0.25) is 0 Å². The molecule has 0 bridgehead atoms. The molecular weight excluding hydrogens is 242 g/mol. The first-order valence-corrected chi connectivity index (χ1v) is 6.67. The van der Waals surface area contributed by atoms with Crippen LogP contribution < -0.4 is 5.73 Å². The third kappa shape index (κ3) is 2.48. The lowest BCUT2D eigenvalue weighted by Gasteiger charge is -1.99. The maximum absolute atomic E-state index is 11.3. The number of hydrogen-bond donors (Lipinski definition) is 1. The molecule has 0 fully saturated rings. The van der Waals surface area contributed by atoms with Crippen LogP contribution in [0.15, 0.2) is 29.4 Å². The van der Waals surface area contributed by atoms with Crippen LogP contribution in [0.25, 0.3) is 5.82 Å². The number of aromatic nitrogens is 4. The van der Waals surface area contributed by atoms with E-state index >= 15 is 0 Å². The number of nitrogens with two attached hydrogens (primary N) is 1. The number of nitrogens with zero attached hydrogens (tertiary/aromatic N) is 4. The van der Waals surface area contributed by atoms with Gasteiger partial charge in [-0.25, -0.2) is 13.1 Å². The van der Waals surface area contributed by atoms with E-state index < -0.39 is 9.84 Å². The van der Waals surface area contributed by atoms with E-state index in [1.807, 2.05) is 0 Å². The highest BCUT2D eigenvalue weighted by Gasteiger charge is 2.11. The fourth-order valence-corrected chi connectivity index (χ4v) is 1.74. The largest absolute Gasteiger partial charge is 0.325 e. The average Bonchev–Trinajstić information content (AvgIpc) is 2.78. The van der Waals surface area contributed by atoms with Crippen LogP contribution in [-0.4, -0.2) is 34.7 Å². The smallest absolute Gasteiger partial charge is 0.178 e. The van der Waals surface area contributed by atoms with E-state index in [9.17, 15) is 8.42 Å². The molecule has 8 heteroatoms. The van der Waals surface area contributed by atoms with E-state index in [1.165, 1.54) is 17.1 Å². The highest BCUT2D eigenvalue weighted by molar-refractivity contribution is 7.90. The summed E-state index contributed by atoms with van der Waals surface area (Å²) in [5.41, 5.74) is 6.05. The highest BCUT2D eigenvalue weighted by atomic mass is 32.2. The van der Waals surface area contributed by atoms with Gasteiger partial charge in [0.1, 0.15) is 4.90 Å². The zero-order chi connectivity index (χ0) is 12.5. The predicted octanol–water partition coefficient (Wildman–Crippen LogP) is -0.476. The fourth-order valence-electron chi connectivity index (χ4n) is 1.21. The second-order valence-electron chi connectivity index (χ2n) is 3.48. The Morgan fingerprint density at radius 3 is 2.59 bits per heavy atom. The number of rotatable bonds is 3. The fraction of sp³-hybridized carbons (Fsp3) is 0.222. The summed E-state index contributed by atoms with van der Waals surface area (Å²) in [5.74, 6) is 0.442. The molecule has 0 spiro atoms. The summed E-state index contributed by atoms with van der Waals surface area (Å²) in [7, 11) is -3.25. The van der Waals surface area contributed by atoms with Gasteiger partial charge in [0.15, 0.2) is 15.7 Å². The van der Waals surface area contributed by atoms with Gasteiger partial charge in [-0.05, 0) is 12.1 Å². The lowest BCUT2D eigenvalue weighted by atomic mass is 10.4. The quantitative estimate of drug-likeness (QED) is 0.792. The van der Waals surface area contributed by atoms with Gasteiger partial charge in [0.05, 0.1) is 18.1 Å². The van der Waals surface area contributed by atoms with Gasteiger partial charge < -0.3 is 5.73 Å². The Bertz CT molecular complexity index is 617. The zero-order valence-corrected chi connectivity index (χ0v) is 9.92. The van der Waals surface area contributed by atoms with Crippen LogP contribution >= 0.6 is 0 Å². The second-order valence-corrected chi connectivity index (χ2v) is 5.50. The molecule has 2 N–H and O–H groups in total. The molecule has 0 saturated carbocycles. The summed E-state index contributed by atoms with van der Waals surface area (Å²) in [6.07, 6.45) is 3.78. The van der Waals surface area contributed by atoms with E-state index in [4.69, 9.17) is 5.73 Å². The molecular formula is C9H11N5O2S. The van der Waals surface area contributed by atoms with Gasteiger partial charge in [-0.1, -0.05) is 0 Å². The van der Waals surface area contributed by atoms with Gasteiger partial charge in [-0.3, -0.25) is 0 Å². The first-order valence-electron chi connectivity index (χ1n) is 4.78. The Hall–Kier alpha value is -1.80. The molecule has 0 aliphatic heterocycles. The van der Waals surface area contributed by atoms with Crippen molar-refractivity contribution in [2.75, 3.05) is 6.26 Å². The van der Waals surface area contributed by atoms with Crippen LogP contribution in [0.3, 0.4) is 0 Å². The van der Waals surface area contributed by atoms with Crippen LogP contribution in [0, 0.1) is 0 Å². The summed E-state index contributed by atoms with van der Waals surface area (Å²) in [6, 6.07) is 3.39. The minimum Gasteiger partial charge on any atom is -0.325 e. The van der Waals surface area contributed by atoms with Crippen molar-refractivity contribution in [3.8, 4) is 5.82 Å². The van der Waals surface area contributed by atoms with E-state index in [2.05, 4.69) is 15.3 Å². The van der Waals surface area contributed by atoms with Crippen molar-refractivity contribution in [2.24, 2.45) is 5.73 Å². The maximum atomic E-state index is 11.3. The maximum Gasteiger partial charge on any atom is 0.178 e. The number of hydrogen-bond acceptors (Lipinski definition) is 6. The highest BCUT2D eigenvalue weighted by Crippen LogP contribution is 2.09. The van der Waals surface area contributed by atoms with Gasteiger partial charge in [0, 0.05) is 12.8 Å². The van der Waals surface area contributed by atoms with Crippen molar-refractivity contribution in [2.45, 2.75) is 11.4 Å². The van der Waals surface area contributed by atoms with Crippen molar-refractivity contribution < 1.29 is 8.42 Å². The molecule has 0 amide bonds. The summed E-state index contributed by atoms with van der Waals surface area (Å²) in [4.78, 5) is 0.141. The first kappa shape index (κ1) is 11.7. The summed E-state index contributed by atoms with van der Waals surface area (Å²) < 4.78 is 23.9. The molecule has 0 aliphatic rings. The second kappa shape index (κ2) is 4.22. The minimum absolute atomic E-state index is 0.141. The third-order valence-corrected chi connectivity index (χ3v) is 3.20. The Morgan fingerprint density at radius 2 is 2.12 bits per heavy atom. The molecule has 7 nitrogen and oxygen atoms in total. The average molecular weight is 253 g/mol. The molecule has 0 aromatic carbocycles. The van der Waals surface area contributed by atoms with Crippen LogP contribution in [0.2, 0.25) is 0 Å². The molecule has 0 aliphatic carbocycles. The van der Waals surface area contributed by atoms with Crippen molar-refractivity contribution in [1.29, 1.82) is 0 Å². The van der Waals surface area contributed by atoms with Gasteiger partial charge in [0.25, 0.3) is 0 Å². The van der Waals surface area contributed by atoms with E-state index in [0.717, 1.165) is 6.26 Å². The first-order chi connectivity index (χ1) is 8.00. The Balaban J connectivity index is 2.37. The molecule has 17 heavy (non-hydrogen) atoms. The summed E-state index contributed by atoms with van der Waals surface area (Å²) in [6.45, 7) is 0.307. The minimum atomic E-state index is -3.25. The molecule has 90 valence electrons. The van der Waals surface area contributed by atoms with E-state index in [0.29, 0.717) is 18.1 Å². The van der Waals surface area contributed by atoms with Crippen LogP contribution in [0.5, 0.6) is 0 Å². The monoisotopic (exact) mass is 253 g/mol.